The fraction of sp³-hybridized carbons (Fsp3) is 0.667. The van der Waals surface area contributed by atoms with Gasteiger partial charge in [0.1, 0.15) is 0 Å². The Kier molecular flexibility index (Phi) is 4.28. The van der Waals surface area contributed by atoms with Gasteiger partial charge in [0.25, 0.3) is 0 Å². The standard InChI is InChI=1S/C12H22N4O/c1-6-13-12(2,3)11(17)15(4)8-10-7-14-16(5)9-10/h7,9,13H,6,8H2,1-5H3. The average Bonchev–Trinajstić information content (AvgIpc) is 2.62. The quantitative estimate of drug-likeness (QED) is 0.824. The van der Waals surface area contributed by atoms with Crippen molar-refractivity contribution in [1.29, 1.82) is 0 Å². The minimum Gasteiger partial charge on any atom is -0.340 e. The first kappa shape index (κ1) is 13.7. The molecular weight excluding hydrogens is 216 g/mol. The number of aromatic nitrogens is 2. The van der Waals surface area contributed by atoms with Gasteiger partial charge in [0.05, 0.1) is 11.7 Å². The van der Waals surface area contributed by atoms with Crippen molar-refractivity contribution in [3.8, 4) is 0 Å². The van der Waals surface area contributed by atoms with Gasteiger partial charge in [-0.25, -0.2) is 0 Å². The highest BCUT2D eigenvalue weighted by Crippen LogP contribution is 2.09. The maximum Gasteiger partial charge on any atom is 0.242 e. The number of hydrogen-bond donors (Lipinski definition) is 1. The Morgan fingerprint density at radius 3 is 2.71 bits per heavy atom. The molecule has 5 nitrogen and oxygen atoms in total. The molecule has 0 aliphatic heterocycles. The first-order chi connectivity index (χ1) is 7.86. The first-order valence-electron chi connectivity index (χ1n) is 5.85. The van der Waals surface area contributed by atoms with Crippen molar-refractivity contribution in [3.63, 3.8) is 0 Å². The van der Waals surface area contributed by atoms with Crippen LogP contribution in [0.25, 0.3) is 0 Å². The lowest BCUT2D eigenvalue weighted by Gasteiger charge is -2.29. The van der Waals surface area contributed by atoms with E-state index in [0.717, 1.165) is 12.1 Å². The molecule has 1 heterocycles. The largest absolute Gasteiger partial charge is 0.340 e. The molecule has 0 aliphatic rings. The Balaban J connectivity index is 2.64. The predicted molar refractivity (Wildman–Crippen MR) is 67.4 cm³/mol. The molecule has 0 spiro atoms. The minimum atomic E-state index is -0.522. The van der Waals surface area contributed by atoms with Crippen LogP contribution in [0, 0.1) is 0 Å². The highest BCUT2D eigenvalue weighted by atomic mass is 16.2. The number of aryl methyl sites for hydroxylation is 1. The number of carbonyl (C=O) groups excluding carboxylic acids is 1. The molecule has 1 N–H and O–H groups in total. The summed E-state index contributed by atoms with van der Waals surface area (Å²) in [6.45, 7) is 7.16. The van der Waals surface area contributed by atoms with Crippen molar-refractivity contribution in [2.45, 2.75) is 32.9 Å². The molecule has 0 fully saturated rings. The van der Waals surface area contributed by atoms with E-state index in [1.165, 1.54) is 0 Å². The summed E-state index contributed by atoms with van der Waals surface area (Å²) in [6.07, 6.45) is 3.70. The smallest absolute Gasteiger partial charge is 0.242 e. The normalized spacial score (nSPS) is 11.6. The van der Waals surface area contributed by atoms with Gasteiger partial charge in [-0.1, -0.05) is 6.92 Å². The van der Waals surface area contributed by atoms with E-state index < -0.39 is 5.54 Å². The maximum atomic E-state index is 12.2. The van der Waals surface area contributed by atoms with Crippen molar-refractivity contribution in [1.82, 2.24) is 20.0 Å². The number of rotatable bonds is 5. The molecule has 0 unspecified atom stereocenters. The predicted octanol–water partition coefficient (Wildman–Crippen LogP) is 0.767. The molecular formula is C12H22N4O. The molecule has 1 rings (SSSR count). The lowest BCUT2D eigenvalue weighted by atomic mass is 10.0. The van der Waals surface area contributed by atoms with Crippen molar-refractivity contribution >= 4 is 5.91 Å². The summed E-state index contributed by atoms with van der Waals surface area (Å²) in [7, 11) is 3.68. The summed E-state index contributed by atoms with van der Waals surface area (Å²) < 4.78 is 1.74. The Bertz CT molecular complexity index is 384. The number of hydrogen-bond acceptors (Lipinski definition) is 3. The van der Waals surface area contributed by atoms with E-state index in [-0.39, 0.29) is 5.91 Å². The van der Waals surface area contributed by atoms with Gasteiger partial charge in [-0.2, -0.15) is 5.10 Å². The monoisotopic (exact) mass is 238 g/mol. The average molecular weight is 238 g/mol. The maximum absolute atomic E-state index is 12.2. The van der Waals surface area contributed by atoms with Gasteiger partial charge < -0.3 is 10.2 Å². The third-order valence-electron chi connectivity index (χ3n) is 2.68. The summed E-state index contributed by atoms with van der Waals surface area (Å²) in [5.41, 5.74) is 0.516. The van der Waals surface area contributed by atoms with Crippen molar-refractivity contribution in [2.24, 2.45) is 7.05 Å². The second-order valence-electron chi connectivity index (χ2n) is 4.84. The van der Waals surface area contributed by atoms with E-state index in [1.54, 1.807) is 15.8 Å². The van der Waals surface area contributed by atoms with Crippen LogP contribution in [0.5, 0.6) is 0 Å². The molecule has 0 bridgehead atoms. The van der Waals surface area contributed by atoms with Crippen LogP contribution in [0.3, 0.4) is 0 Å². The van der Waals surface area contributed by atoms with E-state index in [2.05, 4.69) is 10.4 Å². The van der Waals surface area contributed by atoms with Crippen molar-refractivity contribution in [2.75, 3.05) is 13.6 Å². The van der Waals surface area contributed by atoms with Crippen LogP contribution < -0.4 is 5.32 Å². The van der Waals surface area contributed by atoms with Gasteiger partial charge in [0.2, 0.25) is 5.91 Å². The molecule has 0 aliphatic carbocycles. The first-order valence-corrected chi connectivity index (χ1v) is 5.85. The van der Waals surface area contributed by atoms with Gasteiger partial charge in [-0.05, 0) is 20.4 Å². The molecule has 0 atom stereocenters. The van der Waals surface area contributed by atoms with Gasteiger partial charge >= 0.3 is 0 Å². The molecule has 1 aromatic heterocycles. The summed E-state index contributed by atoms with van der Waals surface area (Å²) >= 11 is 0. The highest BCUT2D eigenvalue weighted by Gasteiger charge is 2.29. The molecule has 1 aromatic rings. The Morgan fingerprint density at radius 1 is 1.59 bits per heavy atom. The fourth-order valence-corrected chi connectivity index (χ4v) is 1.89. The number of nitrogens with one attached hydrogen (secondary N) is 1. The van der Waals surface area contributed by atoms with E-state index in [1.807, 2.05) is 41.1 Å². The lowest BCUT2D eigenvalue weighted by Crippen LogP contribution is -2.52. The molecule has 0 aromatic carbocycles. The summed E-state index contributed by atoms with van der Waals surface area (Å²) in [5, 5.41) is 7.27. The van der Waals surface area contributed by atoms with Crippen LogP contribution in [-0.4, -0.2) is 39.7 Å². The zero-order valence-corrected chi connectivity index (χ0v) is 11.3. The number of likely N-dealkylation sites (N-methyl/N-ethyl adjacent to an activating group) is 2. The van der Waals surface area contributed by atoms with Gasteiger partial charge in [-0.15, -0.1) is 0 Å². The summed E-state index contributed by atoms with van der Waals surface area (Å²) in [4.78, 5) is 13.9. The van der Waals surface area contributed by atoms with Crippen LogP contribution in [0.4, 0.5) is 0 Å². The van der Waals surface area contributed by atoms with Crippen LogP contribution in [0.2, 0.25) is 0 Å². The molecule has 1 amide bonds. The van der Waals surface area contributed by atoms with Crippen molar-refractivity contribution in [3.05, 3.63) is 18.0 Å². The molecule has 17 heavy (non-hydrogen) atoms. The lowest BCUT2D eigenvalue weighted by molar-refractivity contribution is -0.136. The molecule has 0 saturated heterocycles. The molecule has 96 valence electrons. The molecule has 5 heteroatoms. The van der Waals surface area contributed by atoms with Gasteiger partial charge in [0, 0.05) is 32.4 Å². The zero-order valence-electron chi connectivity index (χ0n) is 11.3. The van der Waals surface area contributed by atoms with E-state index >= 15 is 0 Å². The van der Waals surface area contributed by atoms with Crippen LogP contribution in [-0.2, 0) is 18.4 Å². The number of carbonyl (C=O) groups is 1. The van der Waals surface area contributed by atoms with E-state index in [0.29, 0.717) is 6.54 Å². The van der Waals surface area contributed by atoms with Gasteiger partial charge in [0.15, 0.2) is 0 Å². The van der Waals surface area contributed by atoms with Gasteiger partial charge in [-0.3, -0.25) is 9.48 Å². The highest BCUT2D eigenvalue weighted by molar-refractivity contribution is 5.85. The Labute approximate surface area is 103 Å². The minimum absolute atomic E-state index is 0.0863. The summed E-state index contributed by atoms with van der Waals surface area (Å²) in [5.74, 6) is 0.0863. The van der Waals surface area contributed by atoms with Crippen LogP contribution >= 0.6 is 0 Å². The SMILES string of the molecule is CCNC(C)(C)C(=O)N(C)Cc1cnn(C)c1. The topological polar surface area (TPSA) is 50.2 Å². The Hall–Kier alpha value is -1.36. The zero-order chi connectivity index (χ0) is 13.1. The number of nitrogens with zero attached hydrogens (tertiary/aromatic N) is 3. The second kappa shape index (κ2) is 5.31. The Morgan fingerprint density at radius 2 is 2.24 bits per heavy atom. The van der Waals surface area contributed by atoms with E-state index in [4.69, 9.17) is 0 Å². The van der Waals surface area contributed by atoms with E-state index in [9.17, 15) is 4.79 Å². The molecule has 0 saturated carbocycles. The van der Waals surface area contributed by atoms with Crippen molar-refractivity contribution < 1.29 is 4.79 Å². The number of amides is 1. The second-order valence-corrected chi connectivity index (χ2v) is 4.84. The fourth-order valence-electron chi connectivity index (χ4n) is 1.89. The van der Waals surface area contributed by atoms with Crippen LogP contribution in [0.15, 0.2) is 12.4 Å². The third kappa shape index (κ3) is 3.56. The third-order valence-corrected chi connectivity index (χ3v) is 2.68. The van der Waals surface area contributed by atoms with Crippen LogP contribution in [0.1, 0.15) is 26.3 Å². The molecule has 0 radical (unpaired) electrons. The summed E-state index contributed by atoms with van der Waals surface area (Å²) in [6, 6.07) is 0.